The van der Waals surface area contributed by atoms with Crippen molar-refractivity contribution in [2.45, 2.75) is 31.2 Å². The second-order valence-electron chi connectivity index (χ2n) is 7.64. The number of hydrogen-bond donors (Lipinski definition) is 1. The number of halogens is 6. The van der Waals surface area contributed by atoms with E-state index in [2.05, 4.69) is 4.98 Å². The van der Waals surface area contributed by atoms with Gasteiger partial charge in [-0.1, -0.05) is 12.1 Å². The van der Waals surface area contributed by atoms with Gasteiger partial charge in [0.2, 0.25) is 0 Å². The van der Waals surface area contributed by atoms with Crippen molar-refractivity contribution in [3.8, 4) is 0 Å². The number of carbonyl (C=O) groups is 1. The Bertz CT molecular complexity index is 1180. The number of likely N-dealkylation sites (tertiary alicyclic amines) is 1. The molecule has 0 spiro atoms. The van der Waals surface area contributed by atoms with Gasteiger partial charge in [0.1, 0.15) is 0 Å². The van der Waals surface area contributed by atoms with Crippen LogP contribution in [0.3, 0.4) is 0 Å². The lowest BCUT2D eigenvalue weighted by Crippen LogP contribution is -2.40. The Hall–Kier alpha value is -3.24. The van der Waals surface area contributed by atoms with Crippen molar-refractivity contribution in [1.82, 2.24) is 14.5 Å². The molecule has 1 amide bonds. The van der Waals surface area contributed by atoms with Crippen LogP contribution < -0.4 is 5.69 Å². The first kappa shape index (κ1) is 22.0. The van der Waals surface area contributed by atoms with Gasteiger partial charge in [-0.3, -0.25) is 9.36 Å². The quantitative estimate of drug-likeness (QED) is 0.560. The lowest BCUT2D eigenvalue weighted by Gasteiger charge is -2.32. The second kappa shape index (κ2) is 7.72. The van der Waals surface area contributed by atoms with Crippen LogP contribution in [0.5, 0.6) is 0 Å². The van der Waals surface area contributed by atoms with Gasteiger partial charge < -0.3 is 9.88 Å². The normalized spacial score (nSPS) is 16.0. The standard InChI is InChI=1S/C21H17F6N3O2/c22-20(23,24)13-9-12(10-14(11-13)21(25,26)27)18(31)29-7-5-15(6-8-29)30-17-4-2-1-3-16(17)28-19(30)32/h1-4,9-11,15H,5-8H2,(H,28,32). The molecule has 0 aliphatic carbocycles. The van der Waals surface area contributed by atoms with Crippen LogP contribution >= 0.6 is 0 Å². The summed E-state index contributed by atoms with van der Waals surface area (Å²) >= 11 is 0. The Morgan fingerprint density at radius 3 is 2.03 bits per heavy atom. The molecule has 32 heavy (non-hydrogen) atoms. The van der Waals surface area contributed by atoms with Gasteiger partial charge >= 0.3 is 18.0 Å². The number of nitrogens with zero attached hydrogens (tertiary/aromatic N) is 2. The molecular formula is C21H17F6N3O2. The number of imidazole rings is 1. The minimum absolute atomic E-state index is 0.00750. The third-order valence-corrected chi connectivity index (χ3v) is 5.58. The lowest BCUT2D eigenvalue weighted by molar-refractivity contribution is -0.143. The van der Waals surface area contributed by atoms with E-state index in [1.54, 1.807) is 28.8 Å². The number of benzene rings is 2. The average Bonchev–Trinajstić information content (AvgIpc) is 3.07. The van der Waals surface area contributed by atoms with Crippen molar-refractivity contribution >= 4 is 16.9 Å². The van der Waals surface area contributed by atoms with Gasteiger partial charge in [0.15, 0.2) is 0 Å². The van der Waals surface area contributed by atoms with Crippen molar-refractivity contribution < 1.29 is 31.1 Å². The smallest absolute Gasteiger partial charge is 0.338 e. The number of aromatic nitrogens is 2. The molecule has 2 heterocycles. The van der Waals surface area contributed by atoms with Gasteiger partial charge in [0, 0.05) is 24.7 Å². The number of H-pyrrole nitrogens is 1. The number of hydrogen-bond acceptors (Lipinski definition) is 2. The Labute approximate surface area is 177 Å². The molecule has 2 aromatic carbocycles. The van der Waals surface area contributed by atoms with E-state index in [1.165, 1.54) is 4.90 Å². The molecule has 0 bridgehead atoms. The fourth-order valence-electron chi connectivity index (χ4n) is 4.02. The highest BCUT2D eigenvalue weighted by atomic mass is 19.4. The van der Waals surface area contributed by atoms with Crippen LogP contribution in [0, 0.1) is 0 Å². The third-order valence-electron chi connectivity index (χ3n) is 5.58. The van der Waals surface area contributed by atoms with E-state index in [4.69, 9.17) is 0 Å². The number of nitrogens with one attached hydrogen (secondary N) is 1. The number of para-hydroxylation sites is 2. The fourth-order valence-corrected chi connectivity index (χ4v) is 4.02. The molecular weight excluding hydrogens is 440 g/mol. The molecule has 170 valence electrons. The van der Waals surface area contributed by atoms with Crippen LogP contribution in [-0.4, -0.2) is 33.4 Å². The van der Waals surface area contributed by atoms with E-state index >= 15 is 0 Å². The van der Waals surface area contributed by atoms with Gasteiger partial charge in [-0.05, 0) is 43.2 Å². The van der Waals surface area contributed by atoms with E-state index in [0.29, 0.717) is 36.0 Å². The van der Waals surface area contributed by atoms with Crippen molar-refractivity contribution in [1.29, 1.82) is 0 Å². The Kier molecular flexibility index (Phi) is 5.30. The van der Waals surface area contributed by atoms with Crippen LogP contribution in [-0.2, 0) is 12.4 Å². The zero-order valence-electron chi connectivity index (χ0n) is 16.4. The van der Waals surface area contributed by atoms with E-state index < -0.39 is 35.0 Å². The number of aromatic amines is 1. The van der Waals surface area contributed by atoms with Crippen molar-refractivity contribution in [2.24, 2.45) is 0 Å². The summed E-state index contributed by atoms with van der Waals surface area (Å²) < 4.78 is 80.1. The maximum absolute atomic E-state index is 13.1. The molecule has 4 rings (SSSR count). The largest absolute Gasteiger partial charge is 0.416 e. The first-order chi connectivity index (χ1) is 14.9. The Balaban J connectivity index is 1.57. The predicted molar refractivity (Wildman–Crippen MR) is 103 cm³/mol. The van der Waals surface area contributed by atoms with E-state index in [-0.39, 0.29) is 30.9 Å². The minimum atomic E-state index is -5.03. The molecule has 3 aromatic rings. The van der Waals surface area contributed by atoms with Gasteiger partial charge in [0.25, 0.3) is 5.91 Å². The number of rotatable bonds is 2. The first-order valence-electron chi connectivity index (χ1n) is 9.73. The molecule has 1 aliphatic rings. The highest BCUT2D eigenvalue weighted by Crippen LogP contribution is 2.37. The number of carbonyl (C=O) groups excluding carboxylic acids is 1. The van der Waals surface area contributed by atoms with Gasteiger partial charge in [-0.2, -0.15) is 26.3 Å². The molecule has 0 atom stereocenters. The number of amides is 1. The summed E-state index contributed by atoms with van der Waals surface area (Å²) in [6, 6.07) is 7.68. The van der Waals surface area contributed by atoms with Gasteiger partial charge in [-0.25, -0.2) is 4.79 Å². The molecule has 1 fully saturated rings. The SMILES string of the molecule is O=C(c1cc(C(F)(F)F)cc(C(F)(F)F)c1)N1CCC(n2c(=O)[nH]c3ccccc32)CC1. The van der Waals surface area contributed by atoms with Crippen molar-refractivity contribution in [2.75, 3.05) is 13.1 Å². The summed E-state index contributed by atoms with van der Waals surface area (Å²) in [6.07, 6.45) is -9.39. The van der Waals surface area contributed by atoms with Crippen LogP contribution in [0.1, 0.15) is 40.4 Å². The lowest BCUT2D eigenvalue weighted by atomic mass is 10.0. The third kappa shape index (κ3) is 4.11. The van der Waals surface area contributed by atoms with Gasteiger partial charge in [-0.15, -0.1) is 0 Å². The van der Waals surface area contributed by atoms with Crippen molar-refractivity contribution in [3.63, 3.8) is 0 Å². The zero-order chi connectivity index (χ0) is 23.3. The Morgan fingerprint density at radius 1 is 0.906 bits per heavy atom. The van der Waals surface area contributed by atoms with E-state index in [0.717, 1.165) is 0 Å². The number of fused-ring (bicyclic) bond motifs is 1. The van der Waals surface area contributed by atoms with Crippen LogP contribution in [0.25, 0.3) is 11.0 Å². The zero-order valence-corrected chi connectivity index (χ0v) is 16.4. The average molecular weight is 457 g/mol. The molecule has 0 unspecified atom stereocenters. The number of piperidine rings is 1. The molecule has 0 radical (unpaired) electrons. The first-order valence-corrected chi connectivity index (χ1v) is 9.73. The number of alkyl halides is 6. The molecule has 1 saturated heterocycles. The van der Waals surface area contributed by atoms with Crippen LogP contribution in [0.2, 0.25) is 0 Å². The summed E-state index contributed by atoms with van der Waals surface area (Å²) in [4.78, 5) is 29.1. The molecule has 1 aliphatic heterocycles. The molecule has 11 heteroatoms. The molecule has 1 N–H and O–H groups in total. The fraction of sp³-hybridized carbons (Fsp3) is 0.333. The maximum Gasteiger partial charge on any atom is 0.416 e. The molecule has 0 saturated carbocycles. The van der Waals surface area contributed by atoms with Gasteiger partial charge in [0.05, 0.1) is 22.2 Å². The van der Waals surface area contributed by atoms with E-state index in [9.17, 15) is 35.9 Å². The summed E-state index contributed by atoms with van der Waals surface area (Å²) in [6.45, 7) is 0.181. The van der Waals surface area contributed by atoms with E-state index in [1.807, 2.05) is 0 Å². The minimum Gasteiger partial charge on any atom is -0.338 e. The topological polar surface area (TPSA) is 58.1 Å². The monoisotopic (exact) mass is 457 g/mol. The summed E-state index contributed by atoms with van der Waals surface area (Å²) in [5.41, 5.74) is -2.71. The molecule has 1 aromatic heterocycles. The maximum atomic E-state index is 13.1. The highest BCUT2D eigenvalue weighted by Gasteiger charge is 2.38. The molecule has 5 nitrogen and oxygen atoms in total. The second-order valence-corrected chi connectivity index (χ2v) is 7.64. The summed E-state index contributed by atoms with van der Waals surface area (Å²) in [7, 11) is 0. The summed E-state index contributed by atoms with van der Waals surface area (Å²) in [5, 5.41) is 0. The van der Waals surface area contributed by atoms with Crippen molar-refractivity contribution in [3.05, 3.63) is 69.6 Å². The predicted octanol–water partition coefficient (Wildman–Crippen LogP) is 4.84. The summed E-state index contributed by atoms with van der Waals surface area (Å²) in [5.74, 6) is -0.911. The highest BCUT2D eigenvalue weighted by molar-refractivity contribution is 5.94. The Morgan fingerprint density at radius 2 is 1.47 bits per heavy atom. The van der Waals surface area contributed by atoms with Crippen LogP contribution in [0.4, 0.5) is 26.3 Å². The van der Waals surface area contributed by atoms with Crippen LogP contribution in [0.15, 0.2) is 47.3 Å².